The van der Waals surface area contributed by atoms with Gasteiger partial charge in [-0.3, -0.25) is 0 Å². The van der Waals surface area contributed by atoms with E-state index >= 15 is 0 Å². The van der Waals surface area contributed by atoms with Gasteiger partial charge >= 0.3 is 0 Å². The number of anilines is 1. The Morgan fingerprint density at radius 3 is 3.11 bits per heavy atom. The summed E-state index contributed by atoms with van der Waals surface area (Å²) in [5, 5.41) is 4.69. The Kier molecular flexibility index (Phi) is 2.96. The first kappa shape index (κ1) is 11.5. The number of nitrogens with zero attached hydrogens (tertiary/aromatic N) is 2. The molecule has 1 aliphatic heterocycles. The standard InChI is InChI=1S/C14H20N4/c1-10-3-6-15-9-13(10)18(2)14-11-4-7-16-12(11)5-8-17-14/h4-5,7-8,10,13,15-16H,3,6,9H2,1-2H3/t10-,13+/m1/s1. The van der Waals surface area contributed by atoms with Gasteiger partial charge < -0.3 is 15.2 Å². The lowest BCUT2D eigenvalue weighted by molar-refractivity contribution is 0.338. The van der Waals surface area contributed by atoms with Gasteiger partial charge in [-0.05, 0) is 31.0 Å². The fourth-order valence-corrected chi connectivity index (χ4v) is 2.90. The van der Waals surface area contributed by atoms with Crippen LogP contribution in [0.4, 0.5) is 5.82 Å². The van der Waals surface area contributed by atoms with Crippen molar-refractivity contribution in [3.63, 3.8) is 0 Å². The number of aromatic nitrogens is 2. The van der Waals surface area contributed by atoms with Crippen molar-refractivity contribution in [3.05, 3.63) is 24.5 Å². The molecular formula is C14H20N4. The van der Waals surface area contributed by atoms with Gasteiger partial charge in [-0.2, -0.15) is 0 Å². The zero-order valence-electron chi connectivity index (χ0n) is 11.0. The van der Waals surface area contributed by atoms with E-state index < -0.39 is 0 Å². The van der Waals surface area contributed by atoms with Crippen LogP contribution in [0.5, 0.6) is 0 Å². The van der Waals surface area contributed by atoms with Crippen molar-refractivity contribution in [3.8, 4) is 0 Å². The van der Waals surface area contributed by atoms with Crippen LogP contribution in [0.1, 0.15) is 13.3 Å². The van der Waals surface area contributed by atoms with Crippen LogP contribution in [0.25, 0.3) is 10.9 Å². The highest BCUT2D eigenvalue weighted by atomic mass is 15.2. The van der Waals surface area contributed by atoms with Crippen LogP contribution in [0.2, 0.25) is 0 Å². The second-order valence-electron chi connectivity index (χ2n) is 5.22. The molecule has 1 fully saturated rings. The van der Waals surface area contributed by atoms with Gasteiger partial charge in [0.2, 0.25) is 0 Å². The number of rotatable bonds is 2. The predicted octanol–water partition coefficient (Wildman–Crippen LogP) is 2.00. The summed E-state index contributed by atoms with van der Waals surface area (Å²) in [6.45, 7) is 4.51. The summed E-state index contributed by atoms with van der Waals surface area (Å²) in [4.78, 5) is 10.1. The van der Waals surface area contributed by atoms with Crippen molar-refractivity contribution in [2.24, 2.45) is 5.92 Å². The van der Waals surface area contributed by atoms with E-state index in [1.54, 1.807) is 0 Å². The largest absolute Gasteiger partial charge is 0.361 e. The minimum atomic E-state index is 0.520. The Hall–Kier alpha value is -1.55. The summed E-state index contributed by atoms with van der Waals surface area (Å²) in [5.41, 5.74) is 1.16. The average Bonchev–Trinajstić information content (AvgIpc) is 2.86. The van der Waals surface area contributed by atoms with Crippen LogP contribution < -0.4 is 10.2 Å². The average molecular weight is 244 g/mol. The Morgan fingerprint density at radius 1 is 1.39 bits per heavy atom. The van der Waals surface area contributed by atoms with Gasteiger partial charge in [-0.1, -0.05) is 6.92 Å². The molecule has 3 rings (SSSR count). The molecule has 2 aromatic heterocycles. The highest BCUT2D eigenvalue weighted by molar-refractivity contribution is 5.90. The minimum absolute atomic E-state index is 0.520. The molecule has 3 heterocycles. The van der Waals surface area contributed by atoms with E-state index in [4.69, 9.17) is 0 Å². The van der Waals surface area contributed by atoms with E-state index in [9.17, 15) is 0 Å². The van der Waals surface area contributed by atoms with Gasteiger partial charge in [0, 0.05) is 37.4 Å². The van der Waals surface area contributed by atoms with Gasteiger partial charge in [0.25, 0.3) is 0 Å². The van der Waals surface area contributed by atoms with Crippen molar-refractivity contribution in [2.75, 3.05) is 25.0 Å². The molecule has 2 N–H and O–H groups in total. The van der Waals surface area contributed by atoms with Crippen molar-refractivity contribution >= 4 is 16.7 Å². The third-order valence-corrected chi connectivity index (χ3v) is 4.08. The summed E-state index contributed by atoms with van der Waals surface area (Å²) in [7, 11) is 2.16. The van der Waals surface area contributed by atoms with Crippen LogP contribution in [0.15, 0.2) is 24.5 Å². The highest BCUT2D eigenvalue weighted by Crippen LogP contribution is 2.27. The number of pyridine rings is 1. The molecular weight excluding hydrogens is 224 g/mol. The monoisotopic (exact) mass is 244 g/mol. The Balaban J connectivity index is 1.95. The quantitative estimate of drug-likeness (QED) is 0.849. The number of nitrogens with one attached hydrogen (secondary N) is 2. The first-order chi connectivity index (χ1) is 8.77. The molecule has 18 heavy (non-hydrogen) atoms. The van der Waals surface area contributed by atoms with E-state index in [0.717, 1.165) is 24.4 Å². The molecule has 2 aromatic rings. The van der Waals surface area contributed by atoms with Crippen LogP contribution >= 0.6 is 0 Å². The molecule has 0 saturated carbocycles. The maximum Gasteiger partial charge on any atom is 0.138 e. The van der Waals surface area contributed by atoms with Gasteiger partial charge in [0.15, 0.2) is 0 Å². The van der Waals surface area contributed by atoms with Crippen molar-refractivity contribution in [1.82, 2.24) is 15.3 Å². The third kappa shape index (κ3) is 1.86. The van der Waals surface area contributed by atoms with Gasteiger partial charge in [-0.15, -0.1) is 0 Å². The van der Waals surface area contributed by atoms with E-state index in [0.29, 0.717) is 12.0 Å². The molecule has 0 amide bonds. The molecule has 1 saturated heterocycles. The number of likely N-dealkylation sites (N-methyl/N-ethyl adjacent to an activating group) is 1. The Labute approximate surface area is 107 Å². The Morgan fingerprint density at radius 2 is 2.28 bits per heavy atom. The molecule has 0 bridgehead atoms. The summed E-state index contributed by atoms with van der Waals surface area (Å²) in [6, 6.07) is 4.65. The third-order valence-electron chi connectivity index (χ3n) is 4.08. The number of piperidine rings is 1. The lowest BCUT2D eigenvalue weighted by atomic mass is 9.93. The predicted molar refractivity (Wildman–Crippen MR) is 74.9 cm³/mol. The van der Waals surface area contributed by atoms with Crippen LogP contribution in [-0.2, 0) is 0 Å². The molecule has 96 valence electrons. The van der Waals surface area contributed by atoms with E-state index in [2.05, 4.69) is 40.2 Å². The Bertz CT molecular complexity index is 533. The maximum absolute atomic E-state index is 4.57. The van der Waals surface area contributed by atoms with Gasteiger partial charge in [-0.25, -0.2) is 4.98 Å². The summed E-state index contributed by atoms with van der Waals surface area (Å²) in [5.74, 6) is 1.78. The number of fused-ring (bicyclic) bond motifs is 1. The van der Waals surface area contributed by atoms with Crippen molar-refractivity contribution < 1.29 is 0 Å². The lowest BCUT2D eigenvalue weighted by Gasteiger charge is -2.37. The van der Waals surface area contributed by atoms with Crippen molar-refractivity contribution in [1.29, 1.82) is 0 Å². The van der Waals surface area contributed by atoms with E-state index in [1.807, 2.05) is 18.5 Å². The fraction of sp³-hybridized carbons (Fsp3) is 0.500. The zero-order valence-corrected chi connectivity index (χ0v) is 11.0. The molecule has 0 aliphatic carbocycles. The van der Waals surface area contributed by atoms with Gasteiger partial charge in [0.1, 0.15) is 5.82 Å². The maximum atomic E-state index is 4.57. The second-order valence-corrected chi connectivity index (χ2v) is 5.22. The number of hydrogen-bond acceptors (Lipinski definition) is 3. The fourth-order valence-electron chi connectivity index (χ4n) is 2.90. The molecule has 0 radical (unpaired) electrons. The summed E-state index contributed by atoms with van der Waals surface area (Å²) >= 11 is 0. The smallest absolute Gasteiger partial charge is 0.138 e. The number of hydrogen-bond donors (Lipinski definition) is 2. The van der Waals surface area contributed by atoms with Crippen LogP contribution in [0.3, 0.4) is 0 Å². The normalized spacial score (nSPS) is 24.3. The SMILES string of the molecule is C[C@@H]1CCNC[C@@H]1N(C)c1nccc2[nH]ccc12. The zero-order chi connectivity index (χ0) is 12.5. The molecule has 0 aromatic carbocycles. The van der Waals surface area contributed by atoms with Gasteiger partial charge in [0.05, 0.1) is 5.52 Å². The summed E-state index contributed by atoms with van der Waals surface area (Å²) in [6.07, 6.45) is 5.09. The van der Waals surface area contributed by atoms with E-state index in [-0.39, 0.29) is 0 Å². The summed E-state index contributed by atoms with van der Waals surface area (Å²) < 4.78 is 0. The van der Waals surface area contributed by atoms with Crippen molar-refractivity contribution in [2.45, 2.75) is 19.4 Å². The first-order valence-corrected chi connectivity index (χ1v) is 6.63. The molecule has 0 unspecified atom stereocenters. The highest BCUT2D eigenvalue weighted by Gasteiger charge is 2.26. The number of H-pyrrole nitrogens is 1. The first-order valence-electron chi connectivity index (χ1n) is 6.63. The second kappa shape index (κ2) is 4.61. The lowest BCUT2D eigenvalue weighted by Crippen LogP contribution is -2.49. The van der Waals surface area contributed by atoms with Crippen LogP contribution in [-0.4, -0.2) is 36.1 Å². The number of aromatic amines is 1. The molecule has 4 heteroatoms. The topological polar surface area (TPSA) is 44.0 Å². The minimum Gasteiger partial charge on any atom is -0.361 e. The van der Waals surface area contributed by atoms with E-state index in [1.165, 1.54) is 11.8 Å². The molecule has 1 aliphatic rings. The molecule has 2 atom stereocenters. The van der Waals surface area contributed by atoms with Crippen LogP contribution in [0, 0.1) is 5.92 Å². The molecule has 0 spiro atoms. The molecule has 4 nitrogen and oxygen atoms in total.